The van der Waals surface area contributed by atoms with E-state index in [9.17, 15) is 4.79 Å². The van der Waals surface area contributed by atoms with Gasteiger partial charge in [-0.2, -0.15) is 5.10 Å². The Morgan fingerprint density at radius 1 is 1.17 bits per heavy atom. The third-order valence-electron chi connectivity index (χ3n) is 4.87. The first-order chi connectivity index (χ1) is 14.1. The lowest BCUT2D eigenvalue weighted by Gasteiger charge is -2.11. The van der Waals surface area contributed by atoms with Gasteiger partial charge in [-0.25, -0.2) is 0 Å². The monoisotopic (exact) mass is 402 g/mol. The summed E-state index contributed by atoms with van der Waals surface area (Å²) in [4.78, 5) is 13.0. The number of aryl methyl sites for hydroxylation is 1. The van der Waals surface area contributed by atoms with Crippen LogP contribution in [0.15, 0.2) is 61.1 Å². The molecule has 7 nitrogen and oxygen atoms in total. The van der Waals surface area contributed by atoms with Crippen molar-refractivity contribution in [1.82, 2.24) is 24.8 Å². The van der Waals surface area contributed by atoms with Gasteiger partial charge in [0.15, 0.2) is 5.65 Å². The number of aromatic amines is 1. The van der Waals surface area contributed by atoms with Crippen LogP contribution < -0.4 is 5.32 Å². The Morgan fingerprint density at radius 2 is 2.00 bits per heavy atom. The van der Waals surface area contributed by atoms with E-state index in [1.54, 1.807) is 23.8 Å². The number of hydrogen-bond donors (Lipinski definition) is 2. The number of nitrogens with zero attached hydrogens (tertiary/aromatic N) is 4. The number of pyridine rings is 1. The summed E-state index contributed by atoms with van der Waals surface area (Å²) in [6.07, 6.45) is 3.18. The van der Waals surface area contributed by atoms with Gasteiger partial charge in [0.1, 0.15) is 6.33 Å². The number of hydrogen-bond acceptors (Lipinski definition) is 4. The molecule has 0 spiro atoms. The van der Waals surface area contributed by atoms with Crippen molar-refractivity contribution in [2.24, 2.45) is 0 Å². The van der Waals surface area contributed by atoms with Crippen LogP contribution in [0.5, 0.6) is 0 Å². The number of fused-ring (bicyclic) bond motifs is 2. The van der Waals surface area contributed by atoms with Crippen LogP contribution in [0.1, 0.15) is 15.9 Å². The van der Waals surface area contributed by atoms with Crippen LogP contribution in [0.2, 0.25) is 5.02 Å². The second-order valence-corrected chi connectivity index (χ2v) is 7.10. The average molecular weight is 403 g/mol. The van der Waals surface area contributed by atoms with E-state index in [0.717, 1.165) is 22.2 Å². The Labute approximate surface area is 170 Å². The fourth-order valence-corrected chi connectivity index (χ4v) is 3.80. The number of halogens is 1. The highest BCUT2D eigenvalue weighted by atomic mass is 35.5. The number of rotatable bonds is 3. The van der Waals surface area contributed by atoms with Gasteiger partial charge < -0.3 is 5.32 Å². The second kappa shape index (κ2) is 6.72. The molecule has 0 saturated heterocycles. The zero-order valence-corrected chi connectivity index (χ0v) is 16.1. The SMILES string of the molecule is Cc1c(C(=O)Nc2ccc3[nH]nc(-c4ccccc4)c3c2)c(Cl)cn2cnnc12. The van der Waals surface area contributed by atoms with E-state index in [-0.39, 0.29) is 5.91 Å². The molecular formula is C21H15ClN6O. The number of carbonyl (C=O) groups is 1. The summed E-state index contributed by atoms with van der Waals surface area (Å²) >= 11 is 6.36. The minimum Gasteiger partial charge on any atom is -0.322 e. The number of nitrogens with one attached hydrogen (secondary N) is 2. The highest BCUT2D eigenvalue weighted by Gasteiger charge is 2.18. The molecule has 8 heteroatoms. The van der Waals surface area contributed by atoms with E-state index < -0.39 is 0 Å². The summed E-state index contributed by atoms with van der Waals surface area (Å²) in [7, 11) is 0. The number of carbonyl (C=O) groups excluding carboxylic acids is 1. The van der Waals surface area contributed by atoms with Crippen LogP contribution in [-0.2, 0) is 0 Å². The van der Waals surface area contributed by atoms with Gasteiger partial charge in [0.25, 0.3) is 5.91 Å². The predicted molar refractivity (Wildman–Crippen MR) is 112 cm³/mol. The Kier molecular flexibility index (Phi) is 4.03. The lowest BCUT2D eigenvalue weighted by molar-refractivity contribution is 0.102. The molecule has 3 aromatic heterocycles. The molecule has 0 unspecified atom stereocenters. The number of amides is 1. The average Bonchev–Trinajstić information content (AvgIpc) is 3.35. The molecule has 142 valence electrons. The first-order valence-electron chi connectivity index (χ1n) is 8.95. The van der Waals surface area contributed by atoms with E-state index in [1.165, 1.54) is 0 Å². The Hall–Kier alpha value is -3.71. The predicted octanol–water partition coefficient (Wildman–Crippen LogP) is 4.49. The molecule has 0 aliphatic carbocycles. The Morgan fingerprint density at radius 3 is 2.83 bits per heavy atom. The summed E-state index contributed by atoms with van der Waals surface area (Å²) in [5.41, 5.74) is 5.01. The highest BCUT2D eigenvalue weighted by molar-refractivity contribution is 6.34. The van der Waals surface area contributed by atoms with Gasteiger partial charge in [-0.15, -0.1) is 10.2 Å². The molecule has 0 saturated carbocycles. The topological polar surface area (TPSA) is 88.0 Å². The standard InChI is InChI=1S/C21H15ClN6O/c1-12-18(16(22)10-28-11-23-27-20(12)28)21(29)24-14-7-8-17-15(9-14)19(26-25-17)13-5-3-2-4-6-13/h2-11H,1H3,(H,24,29)(H,25,26). The largest absolute Gasteiger partial charge is 0.322 e. The molecule has 0 fully saturated rings. The minimum atomic E-state index is -0.304. The maximum atomic E-state index is 13.0. The molecule has 0 radical (unpaired) electrons. The third kappa shape index (κ3) is 2.92. The highest BCUT2D eigenvalue weighted by Crippen LogP contribution is 2.29. The third-order valence-corrected chi connectivity index (χ3v) is 5.16. The van der Waals surface area contributed by atoms with E-state index in [1.807, 2.05) is 48.5 Å². The van der Waals surface area contributed by atoms with Crippen molar-refractivity contribution >= 4 is 39.7 Å². The summed E-state index contributed by atoms with van der Waals surface area (Å²) in [5.74, 6) is -0.304. The van der Waals surface area contributed by atoms with Crippen LogP contribution in [0.4, 0.5) is 5.69 Å². The van der Waals surface area contributed by atoms with Crippen molar-refractivity contribution < 1.29 is 4.79 Å². The quantitative estimate of drug-likeness (QED) is 0.465. The molecule has 5 aromatic rings. The molecule has 29 heavy (non-hydrogen) atoms. The summed E-state index contributed by atoms with van der Waals surface area (Å²) in [6, 6.07) is 15.5. The molecule has 0 aliphatic rings. The maximum Gasteiger partial charge on any atom is 0.257 e. The number of H-pyrrole nitrogens is 1. The zero-order chi connectivity index (χ0) is 20.0. The molecule has 2 aromatic carbocycles. The van der Waals surface area contributed by atoms with E-state index in [0.29, 0.717) is 27.5 Å². The van der Waals surface area contributed by atoms with Crippen molar-refractivity contribution in [3.63, 3.8) is 0 Å². The van der Waals surface area contributed by atoms with Crippen LogP contribution >= 0.6 is 11.6 Å². The van der Waals surface area contributed by atoms with E-state index in [2.05, 4.69) is 25.7 Å². The molecule has 0 atom stereocenters. The number of benzene rings is 2. The molecular weight excluding hydrogens is 388 g/mol. The van der Waals surface area contributed by atoms with Gasteiger partial charge in [0.05, 0.1) is 21.8 Å². The molecule has 3 heterocycles. The van der Waals surface area contributed by atoms with Gasteiger partial charge in [0, 0.05) is 28.4 Å². The van der Waals surface area contributed by atoms with Crippen LogP contribution in [0.3, 0.4) is 0 Å². The van der Waals surface area contributed by atoms with E-state index in [4.69, 9.17) is 11.6 Å². The molecule has 2 N–H and O–H groups in total. The Balaban J connectivity index is 1.53. The lowest BCUT2D eigenvalue weighted by Crippen LogP contribution is -2.15. The summed E-state index contributed by atoms with van der Waals surface area (Å²) in [5, 5.41) is 19.6. The van der Waals surface area contributed by atoms with E-state index >= 15 is 0 Å². The first kappa shape index (κ1) is 17.4. The molecule has 0 bridgehead atoms. The number of anilines is 1. The van der Waals surface area contributed by atoms with Crippen molar-refractivity contribution in [3.05, 3.63) is 77.2 Å². The van der Waals surface area contributed by atoms with Gasteiger partial charge in [0.2, 0.25) is 0 Å². The van der Waals surface area contributed by atoms with Gasteiger partial charge >= 0.3 is 0 Å². The molecule has 0 aliphatic heterocycles. The molecule has 5 rings (SSSR count). The summed E-state index contributed by atoms with van der Waals surface area (Å²) < 4.78 is 1.69. The maximum absolute atomic E-state index is 13.0. The van der Waals surface area contributed by atoms with Crippen LogP contribution in [0, 0.1) is 6.92 Å². The smallest absolute Gasteiger partial charge is 0.257 e. The molecule has 1 amide bonds. The second-order valence-electron chi connectivity index (χ2n) is 6.69. The van der Waals surface area contributed by atoms with Gasteiger partial charge in [-0.1, -0.05) is 41.9 Å². The van der Waals surface area contributed by atoms with Crippen molar-refractivity contribution in [2.45, 2.75) is 6.92 Å². The van der Waals surface area contributed by atoms with Gasteiger partial charge in [-0.05, 0) is 25.1 Å². The number of aromatic nitrogens is 5. The minimum absolute atomic E-state index is 0.304. The normalized spacial score (nSPS) is 11.2. The lowest BCUT2D eigenvalue weighted by atomic mass is 10.1. The summed E-state index contributed by atoms with van der Waals surface area (Å²) in [6.45, 7) is 1.80. The fraction of sp³-hybridized carbons (Fsp3) is 0.0476. The van der Waals surface area contributed by atoms with Gasteiger partial charge in [-0.3, -0.25) is 14.3 Å². The van der Waals surface area contributed by atoms with Crippen molar-refractivity contribution in [2.75, 3.05) is 5.32 Å². The zero-order valence-electron chi connectivity index (χ0n) is 15.3. The van der Waals surface area contributed by atoms with Crippen LogP contribution in [-0.4, -0.2) is 30.7 Å². The van der Waals surface area contributed by atoms with Crippen LogP contribution in [0.25, 0.3) is 27.8 Å². The van der Waals surface area contributed by atoms with Crippen molar-refractivity contribution in [1.29, 1.82) is 0 Å². The fourth-order valence-electron chi connectivity index (χ4n) is 3.46. The first-order valence-corrected chi connectivity index (χ1v) is 9.33. The Bertz CT molecular complexity index is 1370. The van der Waals surface area contributed by atoms with Crippen molar-refractivity contribution in [3.8, 4) is 11.3 Å².